The Bertz CT molecular complexity index is 475. The Labute approximate surface area is 194 Å². The molecule has 180 valence electrons. The Morgan fingerprint density at radius 2 is 1.00 bits per heavy atom. The topological polar surface area (TPSA) is 17.1 Å². The molecule has 0 aromatic rings. The van der Waals surface area contributed by atoms with E-state index >= 15 is 0 Å². The van der Waals surface area contributed by atoms with Crippen molar-refractivity contribution >= 4 is 5.78 Å². The van der Waals surface area contributed by atoms with Crippen LogP contribution in [0.15, 0.2) is 0 Å². The van der Waals surface area contributed by atoms with Crippen molar-refractivity contribution in [3.8, 4) is 0 Å². The van der Waals surface area contributed by atoms with Crippen molar-refractivity contribution in [2.24, 2.45) is 35.5 Å². The maximum Gasteiger partial charge on any atom is 0.133 e. The van der Waals surface area contributed by atoms with Gasteiger partial charge < -0.3 is 0 Å². The van der Waals surface area contributed by atoms with E-state index in [1.807, 2.05) is 0 Å². The van der Waals surface area contributed by atoms with Crippen molar-refractivity contribution < 1.29 is 4.79 Å². The molecule has 1 atom stereocenters. The van der Waals surface area contributed by atoms with E-state index in [9.17, 15) is 4.79 Å². The van der Waals surface area contributed by atoms with Crippen molar-refractivity contribution in [2.45, 2.75) is 149 Å². The molecule has 0 saturated heterocycles. The molecular formula is C30H54O. The molecule has 4 aliphatic rings. The minimum atomic E-state index is 0.534. The van der Waals surface area contributed by atoms with Gasteiger partial charge in [0.1, 0.15) is 5.78 Å². The third-order valence-corrected chi connectivity index (χ3v) is 9.68. The maximum absolute atomic E-state index is 11.5. The monoisotopic (exact) mass is 430 g/mol. The summed E-state index contributed by atoms with van der Waals surface area (Å²) in [5.74, 6) is 6.52. The van der Waals surface area contributed by atoms with Crippen LogP contribution in [-0.4, -0.2) is 5.78 Å². The molecule has 1 nitrogen and oxygen atoms in total. The quantitative estimate of drug-likeness (QED) is 0.410. The van der Waals surface area contributed by atoms with Crippen LogP contribution in [0.5, 0.6) is 0 Å². The number of carbonyl (C=O) groups is 1. The van der Waals surface area contributed by atoms with Gasteiger partial charge >= 0.3 is 0 Å². The molecule has 4 rings (SSSR count). The molecule has 0 spiro atoms. The summed E-state index contributed by atoms with van der Waals surface area (Å²) in [4.78, 5) is 11.5. The third-order valence-electron chi connectivity index (χ3n) is 9.68. The fourth-order valence-electron chi connectivity index (χ4n) is 7.78. The molecule has 0 aliphatic heterocycles. The first kappa shape index (κ1) is 25.3. The zero-order valence-electron chi connectivity index (χ0n) is 21.2. The number of Topliss-reactive ketones (excluding diaryl/α,β-unsaturated/α-hetero) is 1. The first-order valence-electron chi connectivity index (χ1n) is 14.7. The zero-order chi connectivity index (χ0) is 21.9. The van der Waals surface area contributed by atoms with E-state index in [1.165, 1.54) is 83.5 Å². The van der Waals surface area contributed by atoms with Crippen LogP contribution in [0.4, 0.5) is 0 Å². The summed E-state index contributed by atoms with van der Waals surface area (Å²) in [5, 5.41) is 0. The molecule has 0 bridgehead atoms. The van der Waals surface area contributed by atoms with Gasteiger partial charge in [0, 0.05) is 12.8 Å². The molecular weight excluding hydrogens is 376 g/mol. The van der Waals surface area contributed by atoms with Crippen LogP contribution in [0.25, 0.3) is 0 Å². The summed E-state index contributed by atoms with van der Waals surface area (Å²) < 4.78 is 0. The number of carbonyl (C=O) groups excluding carboxylic acids is 1. The van der Waals surface area contributed by atoms with Gasteiger partial charge in [-0.1, -0.05) is 97.3 Å². The normalized spacial score (nSPS) is 35.3. The average Bonchev–Trinajstić information content (AvgIpc) is 2.82. The zero-order valence-corrected chi connectivity index (χ0v) is 21.2. The molecule has 31 heavy (non-hydrogen) atoms. The third kappa shape index (κ3) is 8.51. The van der Waals surface area contributed by atoms with Gasteiger partial charge in [-0.05, 0) is 74.0 Å². The van der Waals surface area contributed by atoms with E-state index < -0.39 is 0 Å². The van der Waals surface area contributed by atoms with E-state index in [2.05, 4.69) is 13.8 Å². The summed E-state index contributed by atoms with van der Waals surface area (Å²) in [5.41, 5.74) is 0. The molecule has 1 unspecified atom stereocenters. The highest BCUT2D eigenvalue weighted by Crippen LogP contribution is 2.41. The van der Waals surface area contributed by atoms with Gasteiger partial charge in [0.15, 0.2) is 0 Å². The van der Waals surface area contributed by atoms with Crippen LogP contribution in [-0.2, 0) is 4.79 Å². The maximum atomic E-state index is 11.5. The average molecular weight is 431 g/mol. The summed E-state index contributed by atoms with van der Waals surface area (Å²) >= 11 is 0. The summed E-state index contributed by atoms with van der Waals surface area (Å²) in [7, 11) is 0. The second kappa shape index (κ2) is 14.0. The minimum Gasteiger partial charge on any atom is -0.300 e. The lowest BCUT2D eigenvalue weighted by atomic mass is 9.70. The van der Waals surface area contributed by atoms with E-state index in [4.69, 9.17) is 0 Å². The fourth-order valence-corrected chi connectivity index (χ4v) is 7.78. The van der Waals surface area contributed by atoms with Gasteiger partial charge in [-0.15, -0.1) is 0 Å². The van der Waals surface area contributed by atoms with Crippen molar-refractivity contribution in [3.63, 3.8) is 0 Å². The first-order valence-corrected chi connectivity index (χ1v) is 14.7. The largest absolute Gasteiger partial charge is 0.300 e. The van der Waals surface area contributed by atoms with E-state index in [-0.39, 0.29) is 0 Å². The molecule has 4 saturated carbocycles. The highest BCUT2D eigenvalue weighted by atomic mass is 16.1. The molecule has 0 N–H and O–H groups in total. The van der Waals surface area contributed by atoms with Gasteiger partial charge in [0.25, 0.3) is 0 Å². The highest BCUT2D eigenvalue weighted by Gasteiger charge is 2.30. The fraction of sp³-hybridized carbons (Fsp3) is 0.967. The smallest absolute Gasteiger partial charge is 0.133 e. The van der Waals surface area contributed by atoms with Gasteiger partial charge in [0.2, 0.25) is 0 Å². The standard InChI is InChI=1S/C15H26O.C15H28/c1-2-4-12-7-9-13(10-8-12)14-5-3-6-15(16)11-14;1-2-6-13-9-11-15(12-10-13)14-7-4-3-5-8-14/h12-14H,2-11H2,1H3;13-15H,2-12H2,1H3. The van der Waals surface area contributed by atoms with E-state index in [1.54, 1.807) is 38.5 Å². The molecule has 1 heteroatoms. The number of rotatable bonds is 6. The molecule has 4 aliphatic carbocycles. The van der Waals surface area contributed by atoms with Gasteiger partial charge in [-0.2, -0.15) is 0 Å². The van der Waals surface area contributed by atoms with Crippen LogP contribution in [0, 0.1) is 35.5 Å². The van der Waals surface area contributed by atoms with Crippen molar-refractivity contribution in [1.82, 2.24) is 0 Å². The molecule has 4 fully saturated rings. The van der Waals surface area contributed by atoms with Crippen molar-refractivity contribution in [1.29, 1.82) is 0 Å². The molecule has 0 heterocycles. The Kier molecular flexibility index (Phi) is 11.5. The SMILES string of the molecule is CCCC1CCC(C2CCCC(=O)C2)CC1.CCCC1CCC(C2CCCCC2)CC1. The minimum absolute atomic E-state index is 0.534. The Morgan fingerprint density at radius 3 is 1.48 bits per heavy atom. The van der Waals surface area contributed by atoms with Gasteiger partial charge in [-0.25, -0.2) is 0 Å². The summed E-state index contributed by atoms with van der Waals surface area (Å²) in [6.07, 6.45) is 29.5. The molecule has 0 radical (unpaired) electrons. The van der Waals surface area contributed by atoms with Gasteiger partial charge in [0.05, 0.1) is 0 Å². The van der Waals surface area contributed by atoms with Crippen LogP contribution in [0.3, 0.4) is 0 Å². The van der Waals surface area contributed by atoms with Crippen LogP contribution in [0.2, 0.25) is 0 Å². The predicted molar refractivity (Wildman–Crippen MR) is 134 cm³/mol. The van der Waals surface area contributed by atoms with Crippen molar-refractivity contribution in [3.05, 3.63) is 0 Å². The second-order valence-electron chi connectivity index (χ2n) is 11.9. The lowest BCUT2D eigenvalue weighted by Gasteiger charge is -2.35. The van der Waals surface area contributed by atoms with Gasteiger partial charge in [-0.3, -0.25) is 4.79 Å². The van der Waals surface area contributed by atoms with Crippen LogP contribution in [0.1, 0.15) is 149 Å². The molecule has 0 aromatic heterocycles. The first-order chi connectivity index (χ1) is 15.2. The summed E-state index contributed by atoms with van der Waals surface area (Å²) in [6.45, 7) is 4.64. The number of hydrogen-bond acceptors (Lipinski definition) is 1. The van der Waals surface area contributed by atoms with E-state index in [0.717, 1.165) is 48.3 Å². The van der Waals surface area contributed by atoms with Crippen LogP contribution >= 0.6 is 0 Å². The lowest BCUT2D eigenvalue weighted by Crippen LogP contribution is -2.26. The summed E-state index contributed by atoms with van der Waals surface area (Å²) in [6, 6.07) is 0. The van der Waals surface area contributed by atoms with Crippen molar-refractivity contribution in [2.75, 3.05) is 0 Å². The lowest BCUT2D eigenvalue weighted by molar-refractivity contribution is -0.122. The number of ketones is 1. The molecule has 0 amide bonds. The highest BCUT2D eigenvalue weighted by molar-refractivity contribution is 5.79. The second-order valence-corrected chi connectivity index (χ2v) is 11.9. The Morgan fingerprint density at radius 1 is 0.548 bits per heavy atom. The predicted octanol–water partition coefficient (Wildman–Crippen LogP) is 9.53. The molecule has 0 aromatic carbocycles. The Hall–Kier alpha value is -0.330. The van der Waals surface area contributed by atoms with E-state index in [0.29, 0.717) is 5.78 Å². The van der Waals surface area contributed by atoms with Crippen LogP contribution < -0.4 is 0 Å². The number of hydrogen-bond donors (Lipinski definition) is 0. The Balaban J connectivity index is 0.000000176.